The third-order valence-electron chi connectivity index (χ3n) is 5.67. The van der Waals surface area contributed by atoms with Crippen molar-refractivity contribution in [1.29, 1.82) is 0 Å². The SMILES string of the molecule is CN1CCc2cc3c(c4c2C1(C)C(=O)c1cc(O)ccc1-4)OCO3. The van der Waals surface area contributed by atoms with Crippen LogP contribution in [0.4, 0.5) is 0 Å². The summed E-state index contributed by atoms with van der Waals surface area (Å²) in [6.07, 6.45) is 0.867. The van der Waals surface area contributed by atoms with Crippen molar-refractivity contribution in [1.82, 2.24) is 4.90 Å². The second-order valence-electron chi connectivity index (χ2n) is 6.82. The number of carbonyl (C=O) groups excluding carboxylic acids is 1. The van der Waals surface area contributed by atoms with Crippen LogP contribution in [0.3, 0.4) is 0 Å². The maximum absolute atomic E-state index is 13.4. The summed E-state index contributed by atoms with van der Waals surface area (Å²) in [5.74, 6) is 1.56. The lowest BCUT2D eigenvalue weighted by molar-refractivity contribution is 0.0623. The molecule has 2 aromatic rings. The van der Waals surface area contributed by atoms with E-state index in [0.29, 0.717) is 11.3 Å². The van der Waals surface area contributed by atoms with Gasteiger partial charge in [0.05, 0.1) is 0 Å². The number of hydrogen-bond donors (Lipinski definition) is 1. The third kappa shape index (κ3) is 1.46. The molecule has 3 aliphatic rings. The number of carbonyl (C=O) groups is 1. The molecule has 5 nitrogen and oxygen atoms in total. The first kappa shape index (κ1) is 13.9. The molecule has 1 N–H and O–H groups in total. The third-order valence-corrected chi connectivity index (χ3v) is 5.67. The predicted octanol–water partition coefficient (Wildman–Crippen LogP) is 2.69. The smallest absolute Gasteiger partial charge is 0.231 e. The minimum absolute atomic E-state index is 0.0169. The number of nitrogens with zero attached hydrogens (tertiary/aromatic N) is 1. The van der Waals surface area contributed by atoms with Gasteiger partial charge in [-0.1, -0.05) is 0 Å². The molecule has 122 valence electrons. The van der Waals surface area contributed by atoms with Gasteiger partial charge in [-0.05, 0) is 61.3 Å². The fraction of sp³-hybridized carbons (Fsp3) is 0.316. The minimum atomic E-state index is -0.759. The van der Waals surface area contributed by atoms with Crippen LogP contribution in [0, 0.1) is 0 Å². The van der Waals surface area contributed by atoms with Gasteiger partial charge in [0.25, 0.3) is 0 Å². The van der Waals surface area contributed by atoms with E-state index in [9.17, 15) is 9.90 Å². The number of phenolic OH excluding ortho intramolecular Hbond substituents is 1. The van der Waals surface area contributed by atoms with Gasteiger partial charge in [0.1, 0.15) is 11.3 Å². The molecule has 0 fully saturated rings. The van der Waals surface area contributed by atoms with Crippen molar-refractivity contribution in [2.24, 2.45) is 0 Å². The first-order valence-corrected chi connectivity index (χ1v) is 8.07. The zero-order chi connectivity index (χ0) is 16.6. The standard InChI is InChI=1S/C19H17NO4/c1-19-16-10(5-6-20(19)2)7-14-17(24-9-23-14)15(16)12-4-3-11(21)8-13(12)18(19)22/h3-4,7-8,21H,5-6,9H2,1-2H3. The van der Waals surface area contributed by atoms with Crippen LogP contribution in [0.5, 0.6) is 17.2 Å². The average molecular weight is 323 g/mol. The van der Waals surface area contributed by atoms with E-state index in [-0.39, 0.29) is 18.3 Å². The Morgan fingerprint density at radius 3 is 2.88 bits per heavy atom. The molecule has 0 bridgehead atoms. The van der Waals surface area contributed by atoms with Crippen LogP contribution in [0.25, 0.3) is 11.1 Å². The van der Waals surface area contributed by atoms with Crippen molar-refractivity contribution in [3.63, 3.8) is 0 Å². The highest BCUT2D eigenvalue weighted by atomic mass is 16.7. The quantitative estimate of drug-likeness (QED) is 0.808. The van der Waals surface area contributed by atoms with Crippen molar-refractivity contribution in [3.8, 4) is 28.4 Å². The summed E-state index contributed by atoms with van der Waals surface area (Å²) in [7, 11) is 1.98. The molecule has 0 aromatic heterocycles. The summed E-state index contributed by atoms with van der Waals surface area (Å²) in [6.45, 7) is 2.95. The van der Waals surface area contributed by atoms with Gasteiger partial charge < -0.3 is 14.6 Å². The molecule has 0 radical (unpaired) electrons. The van der Waals surface area contributed by atoms with Gasteiger partial charge in [0.2, 0.25) is 6.79 Å². The topological polar surface area (TPSA) is 59.0 Å². The monoisotopic (exact) mass is 323 g/mol. The zero-order valence-electron chi connectivity index (χ0n) is 13.5. The molecular formula is C19H17NO4. The number of rotatable bonds is 0. The van der Waals surface area contributed by atoms with Crippen molar-refractivity contribution in [2.75, 3.05) is 20.4 Å². The van der Waals surface area contributed by atoms with Crippen LogP contribution in [0.1, 0.15) is 28.4 Å². The van der Waals surface area contributed by atoms with Gasteiger partial charge in [-0.15, -0.1) is 0 Å². The Hall–Kier alpha value is -2.53. The van der Waals surface area contributed by atoms with Gasteiger partial charge in [-0.3, -0.25) is 9.69 Å². The number of aromatic hydroxyl groups is 1. The fourth-order valence-corrected chi connectivity index (χ4v) is 4.30. The van der Waals surface area contributed by atoms with E-state index >= 15 is 0 Å². The molecule has 2 aliphatic heterocycles. The highest BCUT2D eigenvalue weighted by Crippen LogP contribution is 2.55. The minimum Gasteiger partial charge on any atom is -0.508 e. The number of ether oxygens (including phenoxy) is 2. The molecule has 0 saturated heterocycles. The number of likely N-dealkylation sites (N-methyl/N-ethyl adjacent to an activating group) is 1. The molecule has 5 heteroatoms. The molecular weight excluding hydrogens is 306 g/mol. The molecule has 2 aromatic carbocycles. The molecule has 1 atom stereocenters. The lowest BCUT2D eigenvalue weighted by Gasteiger charge is -2.46. The molecule has 2 heterocycles. The fourth-order valence-electron chi connectivity index (χ4n) is 4.30. The maximum Gasteiger partial charge on any atom is 0.231 e. The van der Waals surface area contributed by atoms with Crippen LogP contribution < -0.4 is 9.47 Å². The first-order valence-electron chi connectivity index (χ1n) is 8.07. The molecule has 24 heavy (non-hydrogen) atoms. The Kier molecular flexibility index (Phi) is 2.49. The normalized spacial score (nSPS) is 23.8. The Morgan fingerprint density at radius 1 is 1.21 bits per heavy atom. The van der Waals surface area contributed by atoms with Gasteiger partial charge in [-0.2, -0.15) is 0 Å². The Labute approximate surface area is 139 Å². The number of benzene rings is 2. The lowest BCUT2D eigenvalue weighted by atomic mass is 9.68. The zero-order valence-corrected chi connectivity index (χ0v) is 13.5. The van der Waals surface area contributed by atoms with Crippen LogP contribution in [-0.2, 0) is 12.0 Å². The van der Waals surface area contributed by atoms with E-state index < -0.39 is 5.54 Å². The number of phenols is 1. The van der Waals surface area contributed by atoms with Gasteiger partial charge in [0.15, 0.2) is 17.3 Å². The van der Waals surface area contributed by atoms with E-state index in [2.05, 4.69) is 4.90 Å². The number of fused-ring (bicyclic) bond motifs is 4. The van der Waals surface area contributed by atoms with Crippen LogP contribution in [0.15, 0.2) is 24.3 Å². The maximum atomic E-state index is 13.4. The van der Waals surface area contributed by atoms with Crippen molar-refractivity contribution >= 4 is 5.78 Å². The van der Waals surface area contributed by atoms with E-state index in [1.54, 1.807) is 18.2 Å². The largest absolute Gasteiger partial charge is 0.508 e. The summed E-state index contributed by atoms with van der Waals surface area (Å²) < 4.78 is 11.4. The summed E-state index contributed by atoms with van der Waals surface area (Å²) in [4.78, 5) is 15.4. The van der Waals surface area contributed by atoms with Crippen molar-refractivity contribution < 1.29 is 19.4 Å². The first-order chi connectivity index (χ1) is 11.5. The van der Waals surface area contributed by atoms with Crippen molar-refractivity contribution in [3.05, 3.63) is 41.0 Å². The van der Waals surface area contributed by atoms with Crippen LogP contribution in [0.2, 0.25) is 0 Å². The molecule has 1 aliphatic carbocycles. The molecule has 5 rings (SSSR count). The van der Waals surface area contributed by atoms with E-state index in [1.807, 2.05) is 20.0 Å². The Bertz CT molecular complexity index is 920. The van der Waals surface area contributed by atoms with Gasteiger partial charge in [0, 0.05) is 17.7 Å². The number of Topliss-reactive ketones (excluding diaryl/α,β-unsaturated/α-hetero) is 1. The Balaban J connectivity index is 1.96. The Morgan fingerprint density at radius 2 is 2.04 bits per heavy atom. The van der Waals surface area contributed by atoms with E-state index in [4.69, 9.17) is 9.47 Å². The number of hydrogen-bond acceptors (Lipinski definition) is 5. The van der Waals surface area contributed by atoms with E-state index in [1.165, 1.54) is 0 Å². The molecule has 0 spiro atoms. The lowest BCUT2D eigenvalue weighted by Crippen LogP contribution is -2.53. The van der Waals surface area contributed by atoms with Crippen LogP contribution in [-0.4, -0.2) is 36.2 Å². The molecule has 0 saturated carbocycles. The molecule has 1 unspecified atom stereocenters. The van der Waals surface area contributed by atoms with E-state index in [0.717, 1.165) is 41.0 Å². The highest BCUT2D eigenvalue weighted by molar-refractivity contribution is 6.14. The predicted molar refractivity (Wildman–Crippen MR) is 87.7 cm³/mol. The second-order valence-corrected chi connectivity index (χ2v) is 6.82. The summed E-state index contributed by atoms with van der Waals surface area (Å²) >= 11 is 0. The summed E-state index contributed by atoms with van der Waals surface area (Å²) in [6, 6.07) is 6.99. The van der Waals surface area contributed by atoms with Crippen molar-refractivity contribution in [2.45, 2.75) is 18.9 Å². The summed E-state index contributed by atoms with van der Waals surface area (Å²) in [5.41, 5.74) is 3.68. The molecule has 0 amide bonds. The average Bonchev–Trinajstić information content (AvgIpc) is 3.03. The summed E-state index contributed by atoms with van der Waals surface area (Å²) in [5, 5.41) is 9.90. The highest BCUT2D eigenvalue weighted by Gasteiger charge is 2.50. The van der Waals surface area contributed by atoms with Gasteiger partial charge >= 0.3 is 0 Å². The van der Waals surface area contributed by atoms with Crippen LogP contribution >= 0.6 is 0 Å². The number of ketones is 1. The second kappa shape index (κ2) is 4.30. The van der Waals surface area contributed by atoms with Gasteiger partial charge in [-0.25, -0.2) is 0 Å².